The van der Waals surface area contributed by atoms with Gasteiger partial charge in [-0.2, -0.15) is 8.75 Å². The van der Waals surface area contributed by atoms with E-state index >= 15 is 0 Å². The van der Waals surface area contributed by atoms with Gasteiger partial charge in [0.2, 0.25) is 0 Å². The summed E-state index contributed by atoms with van der Waals surface area (Å²) in [7, 11) is 0. The molecule has 23 heavy (non-hydrogen) atoms. The van der Waals surface area contributed by atoms with Gasteiger partial charge in [0.25, 0.3) is 0 Å². The molecule has 1 aromatic heterocycles. The number of aromatic nitrogens is 2. The van der Waals surface area contributed by atoms with E-state index in [2.05, 4.69) is 57.3 Å². The van der Waals surface area contributed by atoms with Gasteiger partial charge in [0.1, 0.15) is 11.0 Å². The molecule has 2 aliphatic rings. The van der Waals surface area contributed by atoms with Gasteiger partial charge in [-0.25, -0.2) is 0 Å². The average molecular weight is 312 g/mol. The van der Waals surface area contributed by atoms with E-state index in [1.54, 1.807) is 0 Å². The molecular formula is C20H12N2S. The second kappa shape index (κ2) is 4.06. The Labute approximate surface area is 137 Å². The van der Waals surface area contributed by atoms with E-state index in [1.807, 2.05) is 0 Å². The van der Waals surface area contributed by atoms with Crippen molar-refractivity contribution >= 4 is 22.8 Å². The third-order valence-corrected chi connectivity index (χ3v) is 5.77. The van der Waals surface area contributed by atoms with Crippen LogP contribution < -0.4 is 0 Å². The van der Waals surface area contributed by atoms with Crippen molar-refractivity contribution in [1.29, 1.82) is 0 Å². The number of fused-ring (bicyclic) bond motifs is 10. The van der Waals surface area contributed by atoms with Gasteiger partial charge in [0, 0.05) is 11.1 Å². The van der Waals surface area contributed by atoms with E-state index in [0.29, 0.717) is 0 Å². The van der Waals surface area contributed by atoms with E-state index in [9.17, 15) is 0 Å². The first-order valence-corrected chi connectivity index (χ1v) is 8.61. The van der Waals surface area contributed by atoms with Gasteiger partial charge in [0.15, 0.2) is 0 Å². The molecule has 0 atom stereocenters. The van der Waals surface area contributed by atoms with Crippen LogP contribution in [0.25, 0.3) is 33.3 Å². The highest BCUT2D eigenvalue weighted by Gasteiger charge is 2.32. The van der Waals surface area contributed by atoms with Crippen molar-refractivity contribution < 1.29 is 0 Å². The molecule has 108 valence electrons. The molecule has 6 rings (SSSR count). The fraction of sp³-hybridized carbons (Fsp3) is 0.100. The number of benzene rings is 3. The van der Waals surface area contributed by atoms with Crippen LogP contribution in [0.3, 0.4) is 0 Å². The Morgan fingerprint density at radius 3 is 1.65 bits per heavy atom. The third kappa shape index (κ3) is 1.39. The van der Waals surface area contributed by atoms with Gasteiger partial charge in [-0.3, -0.25) is 0 Å². The highest BCUT2D eigenvalue weighted by atomic mass is 32.1. The first-order valence-electron chi connectivity index (χ1n) is 7.88. The number of nitrogens with zero attached hydrogens (tertiary/aromatic N) is 2. The van der Waals surface area contributed by atoms with Crippen molar-refractivity contribution in [3.63, 3.8) is 0 Å². The van der Waals surface area contributed by atoms with Crippen molar-refractivity contribution in [3.05, 3.63) is 70.8 Å². The summed E-state index contributed by atoms with van der Waals surface area (Å²) in [6.45, 7) is 0. The first kappa shape index (κ1) is 12.0. The highest BCUT2D eigenvalue weighted by molar-refractivity contribution is 7.00. The monoisotopic (exact) mass is 312 g/mol. The molecule has 0 aliphatic heterocycles. The lowest BCUT2D eigenvalue weighted by molar-refractivity contribution is 1.17. The van der Waals surface area contributed by atoms with Crippen LogP contribution in [-0.4, -0.2) is 8.75 Å². The molecule has 3 aromatic carbocycles. The smallest absolute Gasteiger partial charge is 0.113 e. The van der Waals surface area contributed by atoms with Crippen molar-refractivity contribution in [3.8, 4) is 22.3 Å². The largest absolute Gasteiger partial charge is 0.172 e. The molecule has 0 unspecified atom stereocenters. The standard InChI is InChI=1S/C20H12N2S/c1-3-7-13-11(5-1)9-15-16-10-12-6-2-4-8-14(12)18(16)20-19(17(13)15)21-23-22-20/h1-8H,9-10H2. The second-order valence-corrected chi connectivity index (χ2v) is 6.86. The van der Waals surface area contributed by atoms with Gasteiger partial charge in [0.05, 0.1) is 11.7 Å². The average Bonchev–Trinajstić information content (AvgIpc) is 3.28. The Bertz CT molecular complexity index is 1040. The van der Waals surface area contributed by atoms with Gasteiger partial charge in [-0.15, -0.1) is 0 Å². The quantitative estimate of drug-likeness (QED) is 0.401. The topological polar surface area (TPSA) is 25.8 Å². The molecule has 2 nitrogen and oxygen atoms in total. The van der Waals surface area contributed by atoms with Crippen LogP contribution in [-0.2, 0) is 12.8 Å². The maximum atomic E-state index is 4.67. The molecule has 4 aromatic rings. The Hall–Kier alpha value is -2.52. The molecule has 3 heteroatoms. The van der Waals surface area contributed by atoms with Crippen molar-refractivity contribution in [2.75, 3.05) is 0 Å². The van der Waals surface area contributed by atoms with Crippen LogP contribution >= 0.6 is 11.7 Å². The fourth-order valence-corrected chi connectivity index (χ4v) is 4.85. The fourth-order valence-electron chi connectivity index (χ4n) is 4.29. The van der Waals surface area contributed by atoms with Crippen LogP contribution in [0.1, 0.15) is 22.3 Å². The Kier molecular flexibility index (Phi) is 2.11. The normalized spacial score (nSPS) is 13.7. The zero-order chi connectivity index (χ0) is 15.0. The summed E-state index contributed by atoms with van der Waals surface area (Å²) in [5.74, 6) is 0. The van der Waals surface area contributed by atoms with E-state index in [-0.39, 0.29) is 0 Å². The van der Waals surface area contributed by atoms with Crippen LogP contribution in [0.15, 0.2) is 48.5 Å². The summed E-state index contributed by atoms with van der Waals surface area (Å²) in [5, 5.41) is 0. The van der Waals surface area contributed by atoms with Gasteiger partial charge in [-0.1, -0.05) is 48.5 Å². The first-order chi connectivity index (χ1) is 11.4. The summed E-state index contributed by atoms with van der Waals surface area (Å²) < 4.78 is 9.34. The zero-order valence-electron chi connectivity index (χ0n) is 12.3. The number of rotatable bonds is 0. The Balaban J connectivity index is 1.80. The van der Waals surface area contributed by atoms with Crippen molar-refractivity contribution in [2.24, 2.45) is 0 Å². The molecule has 0 fully saturated rings. The maximum absolute atomic E-state index is 4.67. The minimum atomic E-state index is 1.02. The number of hydrogen-bond acceptors (Lipinski definition) is 3. The molecule has 0 saturated carbocycles. The lowest BCUT2D eigenvalue weighted by atomic mass is 9.94. The third-order valence-electron chi connectivity index (χ3n) is 5.24. The zero-order valence-corrected chi connectivity index (χ0v) is 13.2. The van der Waals surface area contributed by atoms with Crippen molar-refractivity contribution in [1.82, 2.24) is 8.75 Å². The molecule has 0 radical (unpaired) electrons. The van der Waals surface area contributed by atoms with E-state index in [1.165, 1.54) is 56.2 Å². The molecule has 0 N–H and O–H groups in total. The predicted octanol–water partition coefficient (Wildman–Crippen LogP) is 4.83. The number of hydrogen-bond donors (Lipinski definition) is 0. The minimum absolute atomic E-state index is 1.02. The van der Waals surface area contributed by atoms with Gasteiger partial charge >= 0.3 is 0 Å². The van der Waals surface area contributed by atoms with Gasteiger partial charge < -0.3 is 0 Å². The van der Waals surface area contributed by atoms with Gasteiger partial charge in [-0.05, 0) is 46.2 Å². The van der Waals surface area contributed by atoms with E-state index < -0.39 is 0 Å². The van der Waals surface area contributed by atoms with Crippen LogP contribution in [0, 0.1) is 0 Å². The second-order valence-electron chi connectivity index (χ2n) is 6.34. The van der Waals surface area contributed by atoms with Crippen LogP contribution in [0.4, 0.5) is 0 Å². The lowest BCUT2D eigenvalue weighted by Gasteiger charge is -2.09. The lowest BCUT2D eigenvalue weighted by Crippen LogP contribution is -1.93. The Morgan fingerprint density at radius 1 is 0.652 bits per heavy atom. The molecule has 2 aliphatic carbocycles. The molecule has 0 amide bonds. The van der Waals surface area contributed by atoms with Crippen molar-refractivity contribution in [2.45, 2.75) is 12.8 Å². The molecule has 0 saturated heterocycles. The summed E-state index contributed by atoms with van der Waals surface area (Å²) >= 11 is 1.33. The molecule has 1 heterocycles. The summed E-state index contributed by atoms with van der Waals surface area (Å²) in [4.78, 5) is 0. The SMILES string of the molecule is c1ccc2c(c1)Cc1c3c(c4nsnc4c1-2)-c1ccccc1C3. The highest BCUT2D eigenvalue weighted by Crippen LogP contribution is 2.50. The predicted molar refractivity (Wildman–Crippen MR) is 93.9 cm³/mol. The van der Waals surface area contributed by atoms with Crippen LogP contribution in [0.5, 0.6) is 0 Å². The summed E-state index contributed by atoms with van der Waals surface area (Å²) in [6, 6.07) is 17.5. The van der Waals surface area contributed by atoms with Crippen LogP contribution in [0.2, 0.25) is 0 Å². The molecule has 0 spiro atoms. The Morgan fingerprint density at radius 2 is 1.13 bits per heavy atom. The summed E-state index contributed by atoms with van der Waals surface area (Å²) in [5.41, 5.74) is 13.3. The van der Waals surface area contributed by atoms with E-state index in [0.717, 1.165) is 23.9 Å². The minimum Gasteiger partial charge on any atom is -0.172 e. The summed E-state index contributed by atoms with van der Waals surface area (Å²) in [6.07, 6.45) is 2.05. The van der Waals surface area contributed by atoms with E-state index in [4.69, 9.17) is 0 Å². The molecular weight excluding hydrogens is 300 g/mol. The molecule has 0 bridgehead atoms. The maximum Gasteiger partial charge on any atom is 0.113 e.